The minimum absolute atomic E-state index is 0.224. The van der Waals surface area contributed by atoms with Crippen molar-refractivity contribution in [2.24, 2.45) is 0 Å². The van der Waals surface area contributed by atoms with Crippen molar-refractivity contribution in [3.05, 3.63) is 60.8 Å². The minimum Gasteiger partial charge on any atom is -0.481 e. The van der Waals surface area contributed by atoms with Crippen molar-refractivity contribution in [3.8, 4) is 0 Å². The summed E-state index contributed by atoms with van der Waals surface area (Å²) in [6.45, 7) is 2.15. The third kappa shape index (κ3) is 22.5. The van der Waals surface area contributed by atoms with Gasteiger partial charge in [-0.2, -0.15) is 11.8 Å². The third-order valence-electron chi connectivity index (χ3n) is 3.29. The van der Waals surface area contributed by atoms with Crippen LogP contribution in [0.4, 0.5) is 0 Å². The molecule has 0 aliphatic heterocycles. The molecular formula is C22H34O2S. The number of unbranched alkanes of at least 4 members (excludes halogenated alkanes) is 2. The molecule has 1 N–H and O–H groups in total. The van der Waals surface area contributed by atoms with Crippen molar-refractivity contribution in [2.45, 2.75) is 58.3 Å². The first-order valence-corrected chi connectivity index (χ1v) is 10.5. The third-order valence-corrected chi connectivity index (χ3v) is 4.32. The van der Waals surface area contributed by atoms with Crippen molar-refractivity contribution in [3.63, 3.8) is 0 Å². The second-order valence-corrected chi connectivity index (χ2v) is 6.76. The minimum atomic E-state index is -0.720. The average molecular weight is 363 g/mol. The molecule has 0 fully saturated rings. The molecule has 0 unspecified atom stereocenters. The number of carbonyl (C=O) groups is 1. The van der Waals surface area contributed by atoms with E-state index in [9.17, 15) is 4.79 Å². The van der Waals surface area contributed by atoms with Gasteiger partial charge in [-0.1, -0.05) is 67.7 Å². The van der Waals surface area contributed by atoms with Crippen LogP contribution in [0.3, 0.4) is 0 Å². The second-order valence-electron chi connectivity index (χ2n) is 5.65. The lowest BCUT2D eigenvalue weighted by Gasteiger charge is -1.96. The van der Waals surface area contributed by atoms with Gasteiger partial charge in [0.05, 0.1) is 5.75 Å². The highest BCUT2D eigenvalue weighted by molar-refractivity contribution is 7.99. The van der Waals surface area contributed by atoms with Crippen molar-refractivity contribution >= 4 is 17.7 Å². The summed E-state index contributed by atoms with van der Waals surface area (Å²) in [6.07, 6.45) is 30.5. The van der Waals surface area contributed by atoms with Crippen LogP contribution in [0, 0.1) is 0 Å². The maximum Gasteiger partial charge on any atom is 0.313 e. The highest BCUT2D eigenvalue weighted by Crippen LogP contribution is 2.06. The molecule has 0 spiro atoms. The fourth-order valence-corrected chi connectivity index (χ4v) is 2.72. The Morgan fingerprint density at radius 2 is 1.24 bits per heavy atom. The van der Waals surface area contributed by atoms with E-state index in [-0.39, 0.29) is 5.75 Å². The summed E-state index contributed by atoms with van der Waals surface area (Å²) in [5.74, 6) is 0.446. The topological polar surface area (TPSA) is 37.3 Å². The molecule has 25 heavy (non-hydrogen) atoms. The smallest absolute Gasteiger partial charge is 0.313 e. The van der Waals surface area contributed by atoms with E-state index in [1.54, 1.807) is 0 Å². The molecule has 0 aromatic heterocycles. The summed E-state index contributed by atoms with van der Waals surface area (Å²) in [5, 5.41) is 8.52. The van der Waals surface area contributed by atoms with Gasteiger partial charge in [-0.25, -0.2) is 0 Å². The molecule has 0 radical (unpaired) electrons. The molecule has 0 aromatic carbocycles. The number of rotatable bonds is 16. The van der Waals surface area contributed by atoms with Crippen LogP contribution in [0.25, 0.3) is 0 Å². The Morgan fingerprint density at radius 3 is 1.72 bits per heavy atom. The predicted molar refractivity (Wildman–Crippen MR) is 113 cm³/mol. The van der Waals surface area contributed by atoms with Gasteiger partial charge in [0.2, 0.25) is 0 Å². The zero-order valence-electron chi connectivity index (χ0n) is 15.6. The summed E-state index contributed by atoms with van der Waals surface area (Å²) in [5.41, 5.74) is 0. The number of carboxylic acid groups (broad SMARTS) is 1. The number of thioether (sulfide) groups is 1. The Balaban J connectivity index is 3.40. The molecule has 2 nitrogen and oxygen atoms in total. The van der Waals surface area contributed by atoms with E-state index in [0.29, 0.717) is 0 Å². The van der Waals surface area contributed by atoms with Crippen LogP contribution < -0.4 is 0 Å². The normalized spacial score (nSPS) is 12.7. The lowest BCUT2D eigenvalue weighted by Crippen LogP contribution is -1.98. The Hall–Kier alpha value is -1.48. The fraction of sp³-hybridized carbons (Fsp3) is 0.500. The zero-order valence-corrected chi connectivity index (χ0v) is 16.4. The molecule has 0 rings (SSSR count). The number of carboxylic acids is 1. The first kappa shape index (κ1) is 23.5. The van der Waals surface area contributed by atoms with E-state index in [0.717, 1.165) is 57.1 Å². The Labute approximate surface area is 158 Å². The van der Waals surface area contributed by atoms with Crippen LogP contribution in [0.15, 0.2) is 60.8 Å². The van der Waals surface area contributed by atoms with Crippen molar-refractivity contribution in [1.82, 2.24) is 0 Å². The molecule has 0 aliphatic rings. The summed E-state index contributed by atoms with van der Waals surface area (Å²) >= 11 is 1.50. The molecular weight excluding hydrogens is 328 g/mol. The summed E-state index contributed by atoms with van der Waals surface area (Å²) in [7, 11) is 0. The molecule has 0 amide bonds. The fourth-order valence-electron chi connectivity index (χ4n) is 1.99. The van der Waals surface area contributed by atoms with E-state index < -0.39 is 5.97 Å². The van der Waals surface area contributed by atoms with Crippen LogP contribution in [-0.2, 0) is 4.79 Å². The Bertz CT molecular complexity index is 445. The predicted octanol–water partition coefficient (Wildman–Crippen LogP) is 6.73. The van der Waals surface area contributed by atoms with E-state index in [2.05, 4.69) is 67.7 Å². The number of hydrogen-bond acceptors (Lipinski definition) is 2. The summed E-state index contributed by atoms with van der Waals surface area (Å²) in [6, 6.07) is 0. The largest absolute Gasteiger partial charge is 0.481 e. The van der Waals surface area contributed by atoms with Crippen molar-refractivity contribution in [2.75, 3.05) is 11.5 Å². The molecule has 0 heterocycles. The molecule has 3 heteroatoms. The molecule has 0 aromatic rings. The van der Waals surface area contributed by atoms with Gasteiger partial charge >= 0.3 is 5.97 Å². The number of hydrogen-bond donors (Lipinski definition) is 1. The zero-order chi connectivity index (χ0) is 18.4. The van der Waals surface area contributed by atoms with Gasteiger partial charge < -0.3 is 5.11 Å². The Kier molecular flexibility index (Phi) is 19.3. The molecule has 140 valence electrons. The first-order valence-electron chi connectivity index (χ1n) is 9.31. The standard InChI is InChI=1S/C22H34O2S/c1-2-3-4-5-6-7-8-9-10-11-12-13-14-15-16-17-18-19-20-25-21-22(23)24/h3-4,6-7,9-10,12-13,15-16H,2,5,8,11,14,17-21H2,1H3,(H,23,24)/b4-3-,7-6-,10-9-,13-12-,16-15-. The van der Waals surface area contributed by atoms with Gasteiger partial charge in [-0.15, -0.1) is 0 Å². The van der Waals surface area contributed by atoms with Crippen LogP contribution in [0.2, 0.25) is 0 Å². The summed E-state index contributed by atoms with van der Waals surface area (Å²) < 4.78 is 0. The van der Waals surface area contributed by atoms with Gasteiger partial charge in [0.25, 0.3) is 0 Å². The van der Waals surface area contributed by atoms with Gasteiger partial charge in [0.1, 0.15) is 0 Å². The van der Waals surface area contributed by atoms with Crippen LogP contribution in [0.5, 0.6) is 0 Å². The average Bonchev–Trinajstić information content (AvgIpc) is 2.60. The summed E-state index contributed by atoms with van der Waals surface area (Å²) in [4.78, 5) is 10.3. The van der Waals surface area contributed by atoms with Crippen molar-refractivity contribution in [1.29, 1.82) is 0 Å². The molecule has 0 bridgehead atoms. The molecule has 0 saturated carbocycles. The lowest BCUT2D eigenvalue weighted by atomic mass is 10.2. The highest BCUT2D eigenvalue weighted by atomic mass is 32.2. The van der Waals surface area contributed by atoms with Crippen LogP contribution in [0.1, 0.15) is 58.3 Å². The van der Waals surface area contributed by atoms with E-state index in [4.69, 9.17) is 5.11 Å². The highest BCUT2D eigenvalue weighted by Gasteiger charge is 1.95. The SMILES string of the molecule is CC/C=C\C/C=C\C/C=C\C/C=C\C/C=C\CCCCSCC(=O)O. The van der Waals surface area contributed by atoms with Gasteiger partial charge in [-0.3, -0.25) is 4.79 Å². The number of allylic oxidation sites excluding steroid dienone is 10. The maximum atomic E-state index is 10.3. The van der Waals surface area contributed by atoms with Crippen LogP contribution in [-0.4, -0.2) is 22.6 Å². The van der Waals surface area contributed by atoms with Gasteiger partial charge in [0.15, 0.2) is 0 Å². The van der Waals surface area contributed by atoms with E-state index >= 15 is 0 Å². The monoisotopic (exact) mass is 362 g/mol. The first-order chi connectivity index (χ1) is 12.3. The molecule has 0 aliphatic carbocycles. The maximum absolute atomic E-state index is 10.3. The second kappa shape index (κ2) is 20.6. The van der Waals surface area contributed by atoms with Crippen molar-refractivity contribution < 1.29 is 9.90 Å². The van der Waals surface area contributed by atoms with E-state index in [1.165, 1.54) is 11.8 Å². The van der Waals surface area contributed by atoms with Crippen LogP contribution >= 0.6 is 11.8 Å². The Morgan fingerprint density at radius 1 is 0.760 bits per heavy atom. The van der Waals surface area contributed by atoms with E-state index in [1.807, 2.05) is 0 Å². The van der Waals surface area contributed by atoms with Gasteiger partial charge in [-0.05, 0) is 57.1 Å². The molecule has 0 saturated heterocycles. The lowest BCUT2D eigenvalue weighted by molar-refractivity contribution is -0.133. The molecule has 0 atom stereocenters. The van der Waals surface area contributed by atoms with Gasteiger partial charge in [0, 0.05) is 0 Å². The quantitative estimate of drug-likeness (QED) is 0.244. The number of aliphatic carboxylic acids is 1.